The van der Waals surface area contributed by atoms with E-state index in [1.807, 2.05) is 26.8 Å². The maximum Gasteiger partial charge on any atom is 0.163 e. The van der Waals surface area contributed by atoms with Crippen molar-refractivity contribution >= 4 is 0 Å². The number of fused-ring (bicyclic) bond motifs is 3. The zero-order chi connectivity index (χ0) is 21.8. The van der Waals surface area contributed by atoms with Crippen LogP contribution in [0.25, 0.3) is 5.69 Å². The summed E-state index contributed by atoms with van der Waals surface area (Å²) in [6.07, 6.45) is 2.09. The number of hydrogen-bond acceptors (Lipinski definition) is 5. The third kappa shape index (κ3) is 4.08. The molecule has 4 rings (SSSR count). The van der Waals surface area contributed by atoms with E-state index < -0.39 is 0 Å². The van der Waals surface area contributed by atoms with Gasteiger partial charge in [-0.2, -0.15) is 0 Å². The van der Waals surface area contributed by atoms with Crippen LogP contribution in [0.4, 0.5) is 0 Å². The molecular formula is C25H30N2O4. The van der Waals surface area contributed by atoms with Crippen molar-refractivity contribution in [1.82, 2.24) is 9.88 Å². The lowest BCUT2D eigenvalue weighted by molar-refractivity contribution is 0.287. The molecule has 0 spiro atoms. The molecule has 2 aromatic carbocycles. The van der Waals surface area contributed by atoms with Crippen molar-refractivity contribution in [2.24, 2.45) is 0 Å². The molecule has 0 amide bonds. The molecule has 0 radical (unpaired) electrons. The molecule has 1 aliphatic heterocycles. The van der Waals surface area contributed by atoms with Crippen LogP contribution in [0.2, 0.25) is 0 Å². The first-order valence-electron chi connectivity index (χ1n) is 10.8. The predicted octanol–water partition coefficient (Wildman–Crippen LogP) is 4.87. The molecule has 0 fully saturated rings. The van der Waals surface area contributed by atoms with E-state index in [2.05, 4.69) is 52.5 Å². The smallest absolute Gasteiger partial charge is 0.163 e. The topological polar surface area (TPSA) is 53.9 Å². The number of nitrogens with one attached hydrogen (secondary N) is 1. The van der Waals surface area contributed by atoms with Gasteiger partial charge in [-0.15, -0.1) is 0 Å². The minimum atomic E-state index is -0.00130. The van der Waals surface area contributed by atoms with Gasteiger partial charge in [0.25, 0.3) is 0 Å². The van der Waals surface area contributed by atoms with Crippen molar-refractivity contribution in [2.45, 2.75) is 33.4 Å². The molecule has 164 valence electrons. The Bertz CT molecular complexity index is 1040. The van der Waals surface area contributed by atoms with Gasteiger partial charge in [-0.3, -0.25) is 0 Å². The molecule has 0 aliphatic carbocycles. The van der Waals surface area contributed by atoms with Crippen molar-refractivity contribution in [3.63, 3.8) is 0 Å². The highest BCUT2D eigenvalue weighted by atomic mass is 16.5. The Balaban J connectivity index is 1.78. The van der Waals surface area contributed by atoms with Crippen molar-refractivity contribution in [1.29, 1.82) is 0 Å². The van der Waals surface area contributed by atoms with Crippen LogP contribution in [-0.4, -0.2) is 31.5 Å². The molecule has 3 aromatic rings. The van der Waals surface area contributed by atoms with E-state index >= 15 is 0 Å². The second kappa shape index (κ2) is 9.35. The Hall–Kier alpha value is -3.12. The normalized spacial score (nSPS) is 14.9. The molecule has 2 heterocycles. The number of rotatable bonds is 8. The Morgan fingerprint density at radius 2 is 1.55 bits per heavy atom. The van der Waals surface area contributed by atoms with Crippen LogP contribution in [-0.2, 0) is 6.54 Å². The zero-order valence-electron chi connectivity index (χ0n) is 18.6. The van der Waals surface area contributed by atoms with E-state index in [1.165, 1.54) is 0 Å². The van der Waals surface area contributed by atoms with Gasteiger partial charge in [0.2, 0.25) is 0 Å². The Morgan fingerprint density at radius 3 is 2.23 bits per heavy atom. The molecule has 1 atom stereocenters. The van der Waals surface area contributed by atoms with Gasteiger partial charge in [-0.05, 0) is 62.2 Å². The summed E-state index contributed by atoms with van der Waals surface area (Å²) >= 11 is 0. The number of benzene rings is 2. The van der Waals surface area contributed by atoms with Crippen molar-refractivity contribution in [3.05, 3.63) is 65.5 Å². The number of methoxy groups -OCH3 is 1. The predicted molar refractivity (Wildman–Crippen MR) is 121 cm³/mol. The van der Waals surface area contributed by atoms with Crippen LogP contribution >= 0.6 is 0 Å². The molecule has 1 aliphatic rings. The van der Waals surface area contributed by atoms with E-state index in [1.54, 1.807) is 7.11 Å². The first-order chi connectivity index (χ1) is 15.2. The summed E-state index contributed by atoms with van der Waals surface area (Å²) in [5, 5.41) is 3.71. The van der Waals surface area contributed by atoms with E-state index in [9.17, 15) is 0 Å². The second-order valence-corrected chi connectivity index (χ2v) is 7.25. The maximum atomic E-state index is 5.88. The number of ether oxygens (including phenoxy) is 4. The quantitative estimate of drug-likeness (QED) is 0.561. The van der Waals surface area contributed by atoms with Crippen LogP contribution in [0.15, 0.2) is 48.7 Å². The highest BCUT2D eigenvalue weighted by molar-refractivity contribution is 5.57. The summed E-state index contributed by atoms with van der Waals surface area (Å²) in [7, 11) is 1.66. The zero-order valence-corrected chi connectivity index (χ0v) is 18.6. The van der Waals surface area contributed by atoms with Crippen LogP contribution in [0.3, 0.4) is 0 Å². The Morgan fingerprint density at radius 1 is 0.871 bits per heavy atom. The molecule has 0 saturated carbocycles. The largest absolute Gasteiger partial charge is 0.493 e. The lowest BCUT2D eigenvalue weighted by atomic mass is 10.0. The summed E-state index contributed by atoms with van der Waals surface area (Å²) in [6, 6.07) is 14.5. The average Bonchev–Trinajstić information content (AvgIpc) is 3.20. The van der Waals surface area contributed by atoms with Gasteiger partial charge in [0.1, 0.15) is 0 Å². The fourth-order valence-electron chi connectivity index (χ4n) is 4.09. The van der Waals surface area contributed by atoms with Gasteiger partial charge in [0.15, 0.2) is 23.0 Å². The fourth-order valence-corrected chi connectivity index (χ4v) is 4.09. The second-order valence-electron chi connectivity index (χ2n) is 7.25. The monoisotopic (exact) mass is 422 g/mol. The summed E-state index contributed by atoms with van der Waals surface area (Å²) in [6.45, 7) is 8.41. The maximum absolute atomic E-state index is 5.88. The summed E-state index contributed by atoms with van der Waals surface area (Å²) in [4.78, 5) is 0. The third-order valence-corrected chi connectivity index (χ3v) is 5.40. The van der Waals surface area contributed by atoms with E-state index in [0.717, 1.165) is 45.5 Å². The first kappa shape index (κ1) is 21.1. The summed E-state index contributed by atoms with van der Waals surface area (Å²) < 4.78 is 25.2. The van der Waals surface area contributed by atoms with Crippen LogP contribution < -0.4 is 24.3 Å². The number of aromatic nitrogens is 1. The van der Waals surface area contributed by atoms with Gasteiger partial charge >= 0.3 is 0 Å². The molecule has 0 saturated heterocycles. The van der Waals surface area contributed by atoms with Gasteiger partial charge in [0.05, 0.1) is 38.7 Å². The molecule has 6 nitrogen and oxygen atoms in total. The van der Waals surface area contributed by atoms with E-state index in [4.69, 9.17) is 18.9 Å². The minimum Gasteiger partial charge on any atom is -0.493 e. The Kier molecular flexibility index (Phi) is 6.37. The van der Waals surface area contributed by atoms with Gasteiger partial charge in [0, 0.05) is 24.5 Å². The molecule has 6 heteroatoms. The van der Waals surface area contributed by atoms with Crippen molar-refractivity contribution in [3.8, 4) is 28.7 Å². The SMILES string of the molecule is CCOc1cc([C@H]2NCc3cc(OCC)c(OCC)cc3-n3cccc32)ccc1OC. The summed E-state index contributed by atoms with van der Waals surface area (Å²) in [5.74, 6) is 3.03. The first-order valence-corrected chi connectivity index (χ1v) is 10.8. The van der Waals surface area contributed by atoms with Gasteiger partial charge in [-0.1, -0.05) is 6.07 Å². The molecule has 1 aromatic heterocycles. The fraction of sp³-hybridized carbons (Fsp3) is 0.360. The van der Waals surface area contributed by atoms with Crippen molar-refractivity contribution in [2.75, 3.05) is 26.9 Å². The van der Waals surface area contributed by atoms with Crippen LogP contribution in [0.1, 0.15) is 43.6 Å². The van der Waals surface area contributed by atoms with E-state index in [-0.39, 0.29) is 6.04 Å². The highest BCUT2D eigenvalue weighted by Crippen LogP contribution is 2.39. The molecule has 0 unspecified atom stereocenters. The Labute approximate surface area is 183 Å². The van der Waals surface area contributed by atoms with Crippen LogP contribution in [0.5, 0.6) is 23.0 Å². The summed E-state index contributed by atoms with van der Waals surface area (Å²) in [5.41, 5.74) is 4.52. The van der Waals surface area contributed by atoms with Gasteiger partial charge < -0.3 is 28.8 Å². The third-order valence-electron chi connectivity index (χ3n) is 5.40. The molecule has 0 bridgehead atoms. The molecule has 31 heavy (non-hydrogen) atoms. The molecule has 1 N–H and O–H groups in total. The highest BCUT2D eigenvalue weighted by Gasteiger charge is 2.25. The minimum absolute atomic E-state index is 0.00130. The number of nitrogens with zero attached hydrogens (tertiary/aromatic N) is 1. The van der Waals surface area contributed by atoms with Gasteiger partial charge in [-0.25, -0.2) is 0 Å². The lowest BCUT2D eigenvalue weighted by Crippen LogP contribution is -2.21. The standard InChI is InChI=1S/C25H30N2O4/c1-5-29-22-13-17(10-11-21(22)28-4)25-19-9-8-12-27(19)20-15-24(31-7-3)23(30-6-2)14-18(20)16-26-25/h8-15,25-26H,5-7,16H2,1-4H3/t25-/m1/s1. The number of hydrogen-bond donors (Lipinski definition) is 1. The van der Waals surface area contributed by atoms with Crippen molar-refractivity contribution < 1.29 is 18.9 Å². The lowest BCUT2D eigenvalue weighted by Gasteiger charge is -2.20. The van der Waals surface area contributed by atoms with Crippen LogP contribution in [0, 0.1) is 0 Å². The van der Waals surface area contributed by atoms with E-state index in [0.29, 0.717) is 26.4 Å². The average molecular weight is 423 g/mol. The molecular weight excluding hydrogens is 392 g/mol.